The number of primary amides is 1. The van der Waals surface area contributed by atoms with Crippen LogP contribution in [0.15, 0.2) is 29.1 Å². The molecule has 2 amide bonds. The number of hydrogen-bond acceptors (Lipinski definition) is 7. The van der Waals surface area contributed by atoms with Crippen molar-refractivity contribution in [3.05, 3.63) is 56.4 Å². The van der Waals surface area contributed by atoms with Crippen LogP contribution in [0.4, 0.5) is 5.00 Å². The fraction of sp³-hybridized carbons (Fsp3) is 0.348. The summed E-state index contributed by atoms with van der Waals surface area (Å²) in [5.74, 6) is -1.83. The maximum Gasteiger partial charge on any atom is 0.326 e. The van der Waals surface area contributed by atoms with Crippen LogP contribution in [0.25, 0.3) is 10.9 Å². The summed E-state index contributed by atoms with van der Waals surface area (Å²) in [5.41, 5.74) is 7.50. The van der Waals surface area contributed by atoms with Crippen molar-refractivity contribution >= 4 is 45.0 Å². The van der Waals surface area contributed by atoms with E-state index in [1.54, 1.807) is 19.1 Å². The lowest BCUT2D eigenvalue weighted by Gasteiger charge is -2.22. The lowest BCUT2D eigenvalue weighted by Crippen LogP contribution is -2.41. The van der Waals surface area contributed by atoms with E-state index in [-0.39, 0.29) is 18.4 Å². The van der Waals surface area contributed by atoms with Gasteiger partial charge in [-0.25, -0.2) is 9.78 Å². The van der Waals surface area contributed by atoms with E-state index < -0.39 is 23.8 Å². The summed E-state index contributed by atoms with van der Waals surface area (Å²) in [5, 5.41) is 13.1. The third-order valence-electron chi connectivity index (χ3n) is 5.43. The molecule has 0 saturated heterocycles. The van der Waals surface area contributed by atoms with E-state index in [0.717, 1.165) is 16.1 Å². The van der Waals surface area contributed by atoms with Gasteiger partial charge in [0.15, 0.2) is 0 Å². The lowest BCUT2D eigenvalue weighted by atomic mass is 10.0. The number of rotatable bonds is 10. The second kappa shape index (κ2) is 10.5. The molecule has 2 aromatic heterocycles. The summed E-state index contributed by atoms with van der Waals surface area (Å²) in [4.78, 5) is 56.9. The number of aromatic amines is 1. The van der Waals surface area contributed by atoms with Gasteiger partial charge in [-0.2, -0.15) is 0 Å². The molecule has 11 heteroatoms. The van der Waals surface area contributed by atoms with Crippen LogP contribution >= 0.6 is 11.3 Å². The summed E-state index contributed by atoms with van der Waals surface area (Å²) in [7, 11) is 0. The third-order valence-corrected chi connectivity index (χ3v) is 6.58. The van der Waals surface area contributed by atoms with Crippen LogP contribution in [-0.2, 0) is 16.1 Å². The Bertz CT molecular complexity index is 1300. The maximum atomic E-state index is 12.6. The Labute approximate surface area is 199 Å². The molecule has 3 rings (SSSR count). The Kier molecular flexibility index (Phi) is 7.67. The second-order valence-electron chi connectivity index (χ2n) is 7.97. The molecule has 0 fully saturated rings. The molecule has 180 valence electrons. The Morgan fingerprint density at radius 3 is 2.65 bits per heavy atom. The number of H-pyrrole nitrogens is 1. The fourth-order valence-electron chi connectivity index (χ4n) is 3.57. The molecule has 2 heterocycles. The van der Waals surface area contributed by atoms with Gasteiger partial charge in [0, 0.05) is 19.5 Å². The van der Waals surface area contributed by atoms with Crippen molar-refractivity contribution in [2.45, 2.75) is 46.2 Å². The molecular weight excluding hydrogens is 458 g/mol. The maximum absolute atomic E-state index is 12.6. The van der Waals surface area contributed by atoms with Crippen molar-refractivity contribution in [3.8, 4) is 0 Å². The normalized spacial score (nSPS) is 11.9. The smallest absolute Gasteiger partial charge is 0.326 e. The molecular formula is C23H27N5O5S. The summed E-state index contributed by atoms with van der Waals surface area (Å²) in [6, 6.07) is 5.97. The summed E-state index contributed by atoms with van der Waals surface area (Å²) >= 11 is 1.23. The van der Waals surface area contributed by atoms with E-state index in [1.165, 1.54) is 11.3 Å². The van der Waals surface area contributed by atoms with Crippen LogP contribution in [0, 0.1) is 13.8 Å². The quantitative estimate of drug-likeness (QED) is 0.342. The Balaban J connectivity index is 1.79. The third kappa shape index (κ3) is 5.79. The molecule has 10 nitrogen and oxygen atoms in total. The zero-order valence-electron chi connectivity index (χ0n) is 19.2. The average Bonchev–Trinajstić information content (AvgIpc) is 3.25. The van der Waals surface area contributed by atoms with Gasteiger partial charge in [0.1, 0.15) is 11.9 Å². The zero-order chi connectivity index (χ0) is 25.0. The number of thiophene rings is 1. The number of carboxylic acids is 1. The van der Waals surface area contributed by atoms with Crippen LogP contribution in [0.1, 0.15) is 46.4 Å². The molecule has 3 aromatic rings. The number of nitrogens with zero attached hydrogens (tertiary/aromatic N) is 2. The van der Waals surface area contributed by atoms with Crippen molar-refractivity contribution in [1.82, 2.24) is 15.3 Å². The van der Waals surface area contributed by atoms with Crippen LogP contribution in [0.3, 0.4) is 0 Å². The molecule has 0 aliphatic rings. The fourth-order valence-corrected chi connectivity index (χ4v) is 4.54. The number of aryl methyl sites for hydroxylation is 2. The first kappa shape index (κ1) is 24.9. The predicted molar refractivity (Wildman–Crippen MR) is 130 cm³/mol. The minimum atomic E-state index is -1.23. The topological polar surface area (TPSA) is 158 Å². The van der Waals surface area contributed by atoms with Crippen molar-refractivity contribution in [2.75, 3.05) is 11.4 Å². The van der Waals surface area contributed by atoms with Gasteiger partial charge in [0.2, 0.25) is 5.91 Å². The van der Waals surface area contributed by atoms with E-state index >= 15 is 0 Å². The lowest BCUT2D eigenvalue weighted by molar-refractivity contribution is -0.139. The van der Waals surface area contributed by atoms with Crippen LogP contribution in [0.2, 0.25) is 0 Å². The van der Waals surface area contributed by atoms with Gasteiger partial charge in [-0.3, -0.25) is 14.4 Å². The minimum Gasteiger partial charge on any atom is -0.480 e. The number of benzene rings is 1. The van der Waals surface area contributed by atoms with E-state index in [0.29, 0.717) is 34.7 Å². The van der Waals surface area contributed by atoms with Crippen molar-refractivity contribution in [2.24, 2.45) is 5.73 Å². The number of carbonyl (C=O) groups is 3. The molecule has 0 aliphatic carbocycles. The van der Waals surface area contributed by atoms with Crippen molar-refractivity contribution in [3.63, 3.8) is 0 Å². The first-order valence-electron chi connectivity index (χ1n) is 10.8. The SMILES string of the molecule is CCN(Cc1cc2c(=O)[nH]c(C)nc2cc1C)c1ccc(C(=O)N[C@@H](CCC(N)=O)C(=O)O)s1. The predicted octanol–water partition coefficient (Wildman–Crippen LogP) is 2.08. The zero-order valence-corrected chi connectivity index (χ0v) is 20.0. The van der Waals surface area contributed by atoms with Gasteiger partial charge in [0.05, 0.1) is 20.8 Å². The minimum absolute atomic E-state index is 0.0789. The Morgan fingerprint density at radius 1 is 1.26 bits per heavy atom. The monoisotopic (exact) mass is 485 g/mol. The van der Waals surface area contributed by atoms with E-state index in [9.17, 15) is 24.3 Å². The highest BCUT2D eigenvalue weighted by Crippen LogP contribution is 2.28. The molecule has 5 N–H and O–H groups in total. The largest absolute Gasteiger partial charge is 0.480 e. The average molecular weight is 486 g/mol. The highest BCUT2D eigenvalue weighted by molar-refractivity contribution is 7.18. The van der Waals surface area contributed by atoms with Crippen molar-refractivity contribution < 1.29 is 19.5 Å². The van der Waals surface area contributed by atoms with Crippen LogP contribution in [-0.4, -0.2) is 45.4 Å². The molecule has 1 atom stereocenters. The molecule has 0 saturated carbocycles. The van der Waals surface area contributed by atoms with E-state index in [2.05, 4.69) is 20.2 Å². The number of nitrogens with two attached hydrogens (primary N) is 1. The molecule has 0 spiro atoms. The van der Waals surface area contributed by atoms with Gasteiger partial charge < -0.3 is 26.0 Å². The number of aromatic nitrogens is 2. The summed E-state index contributed by atoms with van der Waals surface area (Å²) in [6.45, 7) is 6.86. The van der Waals surface area contributed by atoms with Crippen LogP contribution in [0.5, 0.6) is 0 Å². The standard InChI is InChI=1S/C23H27N5O5S/c1-4-28(11-14-10-15-17(9-12(14)2)25-13(3)26-21(15)30)20-8-6-18(34-20)22(31)27-16(23(32)33)5-7-19(24)29/h6,8-10,16H,4-5,7,11H2,1-3H3,(H2,24,29)(H,27,31)(H,32,33)(H,25,26,30)/t16-/m0/s1. The highest BCUT2D eigenvalue weighted by atomic mass is 32.1. The summed E-state index contributed by atoms with van der Waals surface area (Å²) < 4.78 is 0. The second-order valence-corrected chi connectivity index (χ2v) is 9.03. The molecule has 0 aliphatic heterocycles. The van der Waals surface area contributed by atoms with Gasteiger partial charge in [-0.1, -0.05) is 0 Å². The van der Waals surface area contributed by atoms with Crippen LogP contribution < -0.4 is 21.5 Å². The van der Waals surface area contributed by atoms with E-state index in [4.69, 9.17) is 5.73 Å². The number of amides is 2. The molecule has 0 unspecified atom stereocenters. The molecule has 34 heavy (non-hydrogen) atoms. The Hall–Kier alpha value is -3.73. The molecule has 0 bridgehead atoms. The molecule has 0 radical (unpaired) electrons. The number of carbonyl (C=O) groups excluding carboxylic acids is 2. The van der Waals surface area contributed by atoms with Gasteiger partial charge in [-0.15, -0.1) is 11.3 Å². The highest BCUT2D eigenvalue weighted by Gasteiger charge is 2.23. The van der Waals surface area contributed by atoms with E-state index in [1.807, 2.05) is 26.0 Å². The Morgan fingerprint density at radius 2 is 2.00 bits per heavy atom. The number of carboxylic acid groups (broad SMARTS) is 1. The number of nitrogens with one attached hydrogen (secondary N) is 2. The number of fused-ring (bicyclic) bond motifs is 1. The van der Waals surface area contributed by atoms with Crippen molar-refractivity contribution in [1.29, 1.82) is 0 Å². The number of anilines is 1. The number of aliphatic carboxylic acids is 1. The van der Waals surface area contributed by atoms with Gasteiger partial charge >= 0.3 is 5.97 Å². The first-order chi connectivity index (χ1) is 16.1. The summed E-state index contributed by atoms with van der Waals surface area (Å²) in [6.07, 6.45) is -0.218. The first-order valence-corrected chi connectivity index (χ1v) is 11.6. The number of hydrogen-bond donors (Lipinski definition) is 4. The molecule has 1 aromatic carbocycles. The van der Waals surface area contributed by atoms with Gasteiger partial charge in [-0.05, 0) is 62.6 Å². The van der Waals surface area contributed by atoms with Gasteiger partial charge in [0.25, 0.3) is 11.5 Å².